The maximum Gasteiger partial charge on any atom is 0.278 e. The molecule has 0 saturated carbocycles. The van der Waals surface area contributed by atoms with E-state index in [1.807, 2.05) is 32.0 Å². The molecule has 0 fully saturated rings. The summed E-state index contributed by atoms with van der Waals surface area (Å²) in [7, 11) is 1.60. The Labute approximate surface area is 190 Å². The lowest BCUT2D eigenvalue weighted by Gasteiger charge is -2.14. The molecular formula is C25H23N5O3. The van der Waals surface area contributed by atoms with Gasteiger partial charge in [0.15, 0.2) is 5.49 Å². The number of ether oxygens (including phenoxy) is 1. The maximum atomic E-state index is 13.3. The van der Waals surface area contributed by atoms with Crippen molar-refractivity contribution in [1.82, 2.24) is 14.0 Å². The van der Waals surface area contributed by atoms with E-state index < -0.39 is 5.91 Å². The normalized spacial score (nSPS) is 11.8. The molecule has 4 rings (SSSR count). The van der Waals surface area contributed by atoms with Gasteiger partial charge in [-0.2, -0.15) is 10.3 Å². The fourth-order valence-electron chi connectivity index (χ4n) is 3.73. The van der Waals surface area contributed by atoms with E-state index in [2.05, 4.69) is 11.1 Å². The van der Waals surface area contributed by atoms with E-state index in [4.69, 9.17) is 9.72 Å². The molecule has 4 aromatic rings. The summed E-state index contributed by atoms with van der Waals surface area (Å²) in [6, 6.07) is 14.3. The van der Waals surface area contributed by atoms with Crippen molar-refractivity contribution < 1.29 is 9.53 Å². The lowest BCUT2D eigenvalue weighted by Crippen LogP contribution is -2.30. The van der Waals surface area contributed by atoms with E-state index in [-0.39, 0.29) is 22.0 Å². The molecule has 1 aromatic carbocycles. The van der Waals surface area contributed by atoms with Crippen LogP contribution in [0.2, 0.25) is 0 Å². The highest BCUT2D eigenvalue weighted by molar-refractivity contribution is 5.95. The van der Waals surface area contributed by atoms with E-state index in [1.54, 1.807) is 36.1 Å². The van der Waals surface area contributed by atoms with Gasteiger partial charge in [-0.05, 0) is 50.1 Å². The summed E-state index contributed by atoms with van der Waals surface area (Å²) in [5, 5.41) is 10.1. The molecule has 0 saturated heterocycles. The number of aromatic nitrogens is 3. The first kappa shape index (κ1) is 22.1. The number of hydrogen-bond acceptors (Lipinski definition) is 5. The zero-order chi connectivity index (χ0) is 23.5. The molecule has 0 N–H and O–H groups in total. The maximum absolute atomic E-state index is 13.3. The van der Waals surface area contributed by atoms with Gasteiger partial charge in [0.2, 0.25) is 0 Å². The highest BCUT2D eigenvalue weighted by Crippen LogP contribution is 2.13. The molecule has 0 unspecified atom stereocenters. The number of carbonyl (C=O) groups excluding carboxylic acids is 1. The van der Waals surface area contributed by atoms with Gasteiger partial charge in [-0.1, -0.05) is 23.8 Å². The van der Waals surface area contributed by atoms with Gasteiger partial charge >= 0.3 is 0 Å². The third-order valence-electron chi connectivity index (χ3n) is 5.46. The summed E-state index contributed by atoms with van der Waals surface area (Å²) >= 11 is 0. The van der Waals surface area contributed by atoms with Gasteiger partial charge in [-0.15, -0.1) is 0 Å². The first-order chi connectivity index (χ1) is 15.9. The average Bonchev–Trinajstić information content (AvgIpc) is 2.81. The standard InChI is InChI=1S/C25H23N5O3/c1-16-7-9-18(10-8-16)24(31)28-22-19(15-26)14-20-23(29(22)12-5-13-33-3)27-21-17(2)6-4-11-30(21)25(20)32/h4,6-11,14H,5,12-13H2,1-3H3. The van der Waals surface area contributed by atoms with Crippen molar-refractivity contribution in [3.8, 4) is 6.07 Å². The molecule has 0 bridgehead atoms. The Morgan fingerprint density at radius 3 is 2.64 bits per heavy atom. The third kappa shape index (κ3) is 4.19. The molecule has 8 nitrogen and oxygen atoms in total. The molecule has 0 radical (unpaired) electrons. The molecule has 0 spiro atoms. The molecule has 0 aliphatic carbocycles. The average molecular weight is 441 g/mol. The van der Waals surface area contributed by atoms with Crippen molar-refractivity contribution >= 4 is 22.6 Å². The number of aryl methyl sites for hydroxylation is 3. The van der Waals surface area contributed by atoms with Crippen LogP contribution >= 0.6 is 0 Å². The fraction of sp³-hybridized carbons (Fsp3) is 0.240. The minimum Gasteiger partial charge on any atom is -0.385 e. The van der Waals surface area contributed by atoms with Crippen molar-refractivity contribution in [3.63, 3.8) is 0 Å². The number of nitriles is 1. The van der Waals surface area contributed by atoms with Crippen molar-refractivity contribution in [3.05, 3.63) is 86.8 Å². The van der Waals surface area contributed by atoms with Crippen LogP contribution in [0.1, 0.15) is 33.5 Å². The smallest absolute Gasteiger partial charge is 0.278 e. The second-order valence-electron chi connectivity index (χ2n) is 7.81. The Balaban J connectivity index is 2.06. The number of fused-ring (bicyclic) bond motifs is 2. The molecule has 1 amide bonds. The van der Waals surface area contributed by atoms with Gasteiger partial charge in [-0.3, -0.25) is 14.0 Å². The fourth-order valence-corrected chi connectivity index (χ4v) is 3.73. The van der Waals surface area contributed by atoms with Crippen molar-refractivity contribution in [2.24, 2.45) is 4.99 Å². The number of nitrogens with zero attached hydrogens (tertiary/aromatic N) is 5. The molecular weight excluding hydrogens is 418 g/mol. The first-order valence-electron chi connectivity index (χ1n) is 10.5. The molecule has 166 valence electrons. The lowest BCUT2D eigenvalue weighted by molar-refractivity contribution is 0.0997. The summed E-state index contributed by atoms with van der Waals surface area (Å²) < 4.78 is 8.32. The van der Waals surface area contributed by atoms with Crippen LogP contribution in [0.3, 0.4) is 0 Å². The van der Waals surface area contributed by atoms with Crippen LogP contribution < -0.4 is 11.0 Å². The second kappa shape index (κ2) is 9.18. The van der Waals surface area contributed by atoms with Crippen LogP contribution in [0, 0.1) is 25.2 Å². The minimum atomic E-state index is -0.472. The number of methoxy groups -OCH3 is 1. The highest BCUT2D eigenvalue weighted by atomic mass is 16.5. The summed E-state index contributed by atoms with van der Waals surface area (Å²) in [4.78, 5) is 35.3. The zero-order valence-electron chi connectivity index (χ0n) is 18.7. The summed E-state index contributed by atoms with van der Waals surface area (Å²) in [5.74, 6) is -0.472. The molecule has 3 aromatic heterocycles. The number of rotatable bonds is 5. The quantitative estimate of drug-likeness (QED) is 0.350. The van der Waals surface area contributed by atoms with E-state index in [0.717, 1.165) is 11.1 Å². The van der Waals surface area contributed by atoms with Crippen molar-refractivity contribution in [1.29, 1.82) is 5.26 Å². The third-order valence-corrected chi connectivity index (χ3v) is 5.46. The molecule has 3 heterocycles. The Hall–Kier alpha value is -4.09. The molecule has 8 heteroatoms. The summed E-state index contributed by atoms with van der Waals surface area (Å²) in [6.45, 7) is 4.64. The van der Waals surface area contributed by atoms with Crippen molar-refractivity contribution in [2.45, 2.75) is 26.8 Å². The predicted molar refractivity (Wildman–Crippen MR) is 124 cm³/mol. The van der Waals surface area contributed by atoms with Gasteiger partial charge in [-0.25, -0.2) is 4.98 Å². The largest absolute Gasteiger partial charge is 0.385 e. The number of carbonyl (C=O) groups is 1. The monoisotopic (exact) mass is 441 g/mol. The van der Waals surface area contributed by atoms with E-state index in [9.17, 15) is 14.9 Å². The number of benzene rings is 1. The minimum absolute atomic E-state index is 0.131. The number of hydrogen-bond donors (Lipinski definition) is 0. The Morgan fingerprint density at radius 1 is 1.18 bits per heavy atom. The van der Waals surface area contributed by atoms with Crippen LogP contribution in [0.25, 0.3) is 16.7 Å². The predicted octanol–water partition coefficient (Wildman–Crippen LogP) is 2.92. The van der Waals surface area contributed by atoms with Crippen LogP contribution in [-0.2, 0) is 11.3 Å². The highest BCUT2D eigenvalue weighted by Gasteiger charge is 2.16. The van der Waals surface area contributed by atoms with Crippen LogP contribution in [-0.4, -0.2) is 33.6 Å². The van der Waals surface area contributed by atoms with Crippen molar-refractivity contribution in [2.75, 3.05) is 13.7 Å². The number of pyridine rings is 2. The van der Waals surface area contributed by atoms with Gasteiger partial charge in [0.1, 0.15) is 17.4 Å². The second-order valence-corrected chi connectivity index (χ2v) is 7.81. The molecule has 0 atom stereocenters. The SMILES string of the molecule is COCCCn1c(=NC(=O)c2ccc(C)cc2)c(C#N)cc2c(=O)n3cccc(C)c3nc21. The van der Waals surface area contributed by atoms with Crippen LogP contribution in [0.5, 0.6) is 0 Å². The van der Waals surface area contributed by atoms with E-state index in [1.165, 1.54) is 10.5 Å². The topological polar surface area (TPSA) is 102 Å². The number of amides is 1. The van der Waals surface area contributed by atoms with Gasteiger partial charge < -0.3 is 9.30 Å². The molecule has 0 aliphatic heterocycles. The van der Waals surface area contributed by atoms with Gasteiger partial charge in [0.25, 0.3) is 11.5 Å². The summed E-state index contributed by atoms with van der Waals surface area (Å²) in [5.41, 5.74) is 3.18. The Morgan fingerprint density at radius 2 is 1.94 bits per heavy atom. The molecule has 0 aliphatic rings. The van der Waals surface area contributed by atoms with E-state index in [0.29, 0.717) is 36.4 Å². The van der Waals surface area contributed by atoms with Crippen LogP contribution in [0.4, 0.5) is 0 Å². The lowest BCUT2D eigenvalue weighted by atomic mass is 10.1. The van der Waals surface area contributed by atoms with Crippen LogP contribution in [0.15, 0.2) is 58.4 Å². The summed E-state index contributed by atoms with van der Waals surface area (Å²) in [6.07, 6.45) is 2.23. The van der Waals surface area contributed by atoms with Gasteiger partial charge in [0.05, 0.1) is 10.9 Å². The zero-order valence-corrected chi connectivity index (χ0v) is 18.7. The van der Waals surface area contributed by atoms with Gasteiger partial charge in [0, 0.05) is 32.0 Å². The first-order valence-corrected chi connectivity index (χ1v) is 10.5. The Kier molecular flexibility index (Phi) is 6.16. The molecule has 33 heavy (non-hydrogen) atoms. The van der Waals surface area contributed by atoms with E-state index >= 15 is 0 Å². The Bertz CT molecular complexity index is 1540.